The molecule has 8 nitrogen and oxygen atoms in total. The van der Waals surface area contributed by atoms with Gasteiger partial charge in [0.15, 0.2) is 17.3 Å². The first kappa shape index (κ1) is 26.6. The van der Waals surface area contributed by atoms with Crippen LogP contribution in [-0.4, -0.2) is 54.4 Å². The van der Waals surface area contributed by atoms with Crippen LogP contribution in [0.3, 0.4) is 0 Å². The number of aliphatic hydroxyl groups excluding tert-OH is 1. The van der Waals surface area contributed by atoms with E-state index >= 15 is 0 Å². The van der Waals surface area contributed by atoms with E-state index in [4.69, 9.17) is 30.9 Å². The number of anilines is 2. The number of halogens is 2. The molecule has 0 radical (unpaired) electrons. The Bertz CT molecular complexity index is 1130. The summed E-state index contributed by atoms with van der Waals surface area (Å²) in [4.78, 5) is 19.9. The monoisotopic (exact) mass is 505 g/mol. The third kappa shape index (κ3) is 8.02. The number of hydrogen-bond donors (Lipinski definition) is 2. The van der Waals surface area contributed by atoms with Crippen LogP contribution in [0.5, 0.6) is 11.5 Å². The van der Waals surface area contributed by atoms with Gasteiger partial charge in [-0.1, -0.05) is 24.4 Å². The molecular weight excluding hydrogens is 477 g/mol. The predicted octanol–water partition coefficient (Wildman–Crippen LogP) is 5.08. The van der Waals surface area contributed by atoms with E-state index in [0.717, 1.165) is 25.7 Å². The highest BCUT2D eigenvalue weighted by molar-refractivity contribution is 6.31. The third-order valence-electron chi connectivity index (χ3n) is 5.21. The number of aromatic nitrogens is 2. The molecule has 0 amide bonds. The Morgan fingerprint density at radius 2 is 1.80 bits per heavy atom. The third-order valence-corrected chi connectivity index (χ3v) is 5.50. The zero-order valence-electron chi connectivity index (χ0n) is 19.6. The number of methoxy groups -OCH3 is 1. The molecule has 10 heteroatoms. The standard InChI is InChI=1S/C25H29ClFN3O5/c1-33-10-11-35-24-14-22-19(13-23(24)34-9-5-3-2-4-6-18(32)15-31)25(29-16-28-22)30-17-7-8-21(27)20(26)12-17/h7-8,12-14,16,31H,2-6,9-11,15H2,1H3,(H,28,29,30). The second-order valence-electron chi connectivity index (χ2n) is 7.84. The molecule has 188 valence electrons. The van der Waals surface area contributed by atoms with Crippen LogP contribution in [0.1, 0.15) is 32.1 Å². The van der Waals surface area contributed by atoms with Crippen molar-refractivity contribution >= 4 is 39.8 Å². The van der Waals surface area contributed by atoms with Crippen LogP contribution < -0.4 is 14.8 Å². The molecule has 0 aliphatic heterocycles. The minimum Gasteiger partial charge on any atom is -0.490 e. The largest absolute Gasteiger partial charge is 0.490 e. The zero-order chi connectivity index (χ0) is 25.0. The molecule has 0 saturated heterocycles. The molecule has 2 N–H and O–H groups in total. The number of benzene rings is 2. The number of ether oxygens (including phenoxy) is 3. The molecule has 0 bridgehead atoms. The van der Waals surface area contributed by atoms with Crippen LogP contribution in [0, 0.1) is 5.82 Å². The number of carbonyl (C=O) groups is 1. The summed E-state index contributed by atoms with van der Waals surface area (Å²) < 4.78 is 30.5. The van der Waals surface area contributed by atoms with Gasteiger partial charge in [-0.15, -0.1) is 0 Å². The molecule has 0 aliphatic carbocycles. The number of Topliss-reactive ketones (excluding diaryl/α,β-unsaturated/α-hetero) is 1. The molecule has 35 heavy (non-hydrogen) atoms. The Kier molecular flexibility index (Phi) is 10.5. The fourth-order valence-electron chi connectivity index (χ4n) is 3.37. The summed E-state index contributed by atoms with van der Waals surface area (Å²) in [7, 11) is 1.60. The quantitative estimate of drug-likeness (QED) is 0.276. The lowest BCUT2D eigenvalue weighted by molar-refractivity contribution is -0.121. The van der Waals surface area contributed by atoms with Gasteiger partial charge in [-0.05, 0) is 37.1 Å². The first-order chi connectivity index (χ1) is 17.0. The van der Waals surface area contributed by atoms with E-state index in [9.17, 15) is 9.18 Å². The van der Waals surface area contributed by atoms with Crippen LogP contribution in [0.15, 0.2) is 36.7 Å². The number of nitrogens with one attached hydrogen (secondary N) is 1. The minimum atomic E-state index is -0.502. The molecule has 2 aromatic carbocycles. The maximum absolute atomic E-state index is 13.5. The number of aliphatic hydroxyl groups is 1. The van der Waals surface area contributed by atoms with Gasteiger partial charge in [0.25, 0.3) is 0 Å². The van der Waals surface area contributed by atoms with E-state index < -0.39 is 12.4 Å². The second kappa shape index (κ2) is 13.8. The van der Waals surface area contributed by atoms with E-state index in [-0.39, 0.29) is 10.8 Å². The van der Waals surface area contributed by atoms with Gasteiger partial charge in [0.05, 0.1) is 23.8 Å². The van der Waals surface area contributed by atoms with Crippen molar-refractivity contribution in [1.82, 2.24) is 9.97 Å². The molecule has 0 atom stereocenters. The van der Waals surface area contributed by atoms with Crippen LogP contribution in [0.4, 0.5) is 15.9 Å². The van der Waals surface area contributed by atoms with Crippen LogP contribution in [-0.2, 0) is 9.53 Å². The minimum absolute atomic E-state index is 0.00643. The van der Waals surface area contributed by atoms with Crippen molar-refractivity contribution in [3.63, 3.8) is 0 Å². The van der Waals surface area contributed by atoms with Crippen LogP contribution in [0.25, 0.3) is 10.9 Å². The lowest BCUT2D eigenvalue weighted by Crippen LogP contribution is -2.07. The highest BCUT2D eigenvalue weighted by Gasteiger charge is 2.13. The SMILES string of the molecule is COCCOc1cc2ncnc(Nc3ccc(F)c(Cl)c3)c2cc1OCCCCCCC(=O)CO. The molecule has 0 fully saturated rings. The molecule has 3 aromatic rings. The fraction of sp³-hybridized carbons (Fsp3) is 0.400. The van der Waals surface area contributed by atoms with E-state index in [2.05, 4.69) is 15.3 Å². The van der Waals surface area contributed by atoms with Crippen molar-refractivity contribution in [2.24, 2.45) is 0 Å². The van der Waals surface area contributed by atoms with Crippen molar-refractivity contribution in [3.05, 3.63) is 47.5 Å². The summed E-state index contributed by atoms with van der Waals surface area (Å²) in [6.45, 7) is 0.837. The lowest BCUT2D eigenvalue weighted by atomic mass is 10.1. The highest BCUT2D eigenvalue weighted by Crippen LogP contribution is 2.35. The normalized spacial score (nSPS) is 11.0. The number of fused-ring (bicyclic) bond motifs is 1. The Labute approximate surface area is 208 Å². The van der Waals surface area contributed by atoms with Gasteiger partial charge < -0.3 is 24.6 Å². The summed E-state index contributed by atoms with van der Waals surface area (Å²) >= 11 is 5.91. The van der Waals surface area contributed by atoms with Crippen molar-refractivity contribution in [2.45, 2.75) is 32.1 Å². The molecule has 0 unspecified atom stereocenters. The number of hydrogen-bond acceptors (Lipinski definition) is 8. The molecule has 1 aromatic heterocycles. The first-order valence-electron chi connectivity index (χ1n) is 11.4. The first-order valence-corrected chi connectivity index (χ1v) is 11.8. The van der Waals surface area contributed by atoms with Crippen molar-refractivity contribution < 1.29 is 28.5 Å². The summed E-state index contributed by atoms with van der Waals surface area (Å²) in [5, 5.41) is 12.6. The van der Waals surface area contributed by atoms with Gasteiger partial charge in [-0.3, -0.25) is 4.79 Å². The van der Waals surface area contributed by atoms with Crippen LogP contribution in [0.2, 0.25) is 5.02 Å². The van der Waals surface area contributed by atoms with Crippen molar-refractivity contribution in [3.8, 4) is 11.5 Å². The van der Waals surface area contributed by atoms with Gasteiger partial charge in [-0.25, -0.2) is 14.4 Å². The number of rotatable bonds is 15. The molecule has 0 aliphatic rings. The molecular formula is C25H29ClFN3O5. The van der Waals surface area contributed by atoms with Gasteiger partial charge >= 0.3 is 0 Å². The number of carbonyl (C=O) groups excluding carboxylic acids is 1. The summed E-state index contributed by atoms with van der Waals surface area (Å²) in [6.07, 6.45) is 5.15. The van der Waals surface area contributed by atoms with E-state index in [1.165, 1.54) is 18.5 Å². The average molecular weight is 506 g/mol. The van der Waals surface area contributed by atoms with Gasteiger partial charge in [0, 0.05) is 30.7 Å². The average Bonchev–Trinajstić information content (AvgIpc) is 2.86. The number of unbranched alkanes of at least 4 members (excludes halogenated alkanes) is 3. The molecule has 0 saturated carbocycles. The van der Waals surface area contributed by atoms with E-state index in [1.54, 1.807) is 19.2 Å². The second-order valence-corrected chi connectivity index (χ2v) is 8.25. The van der Waals surface area contributed by atoms with Gasteiger partial charge in [0.1, 0.15) is 31.2 Å². The summed E-state index contributed by atoms with van der Waals surface area (Å²) in [6, 6.07) is 7.93. The number of nitrogens with zero attached hydrogens (tertiary/aromatic N) is 2. The Morgan fingerprint density at radius 3 is 2.57 bits per heavy atom. The van der Waals surface area contributed by atoms with Crippen molar-refractivity contribution in [1.29, 1.82) is 0 Å². The highest BCUT2D eigenvalue weighted by atomic mass is 35.5. The van der Waals surface area contributed by atoms with E-state index in [0.29, 0.717) is 60.1 Å². The Hall–Kier alpha value is -3.01. The molecule has 0 spiro atoms. The lowest BCUT2D eigenvalue weighted by Gasteiger charge is -2.15. The maximum Gasteiger partial charge on any atom is 0.163 e. The Morgan fingerprint density at radius 1 is 1.03 bits per heavy atom. The summed E-state index contributed by atoms with van der Waals surface area (Å²) in [5.41, 5.74) is 1.22. The smallest absolute Gasteiger partial charge is 0.163 e. The topological polar surface area (TPSA) is 103 Å². The van der Waals surface area contributed by atoms with Crippen molar-refractivity contribution in [2.75, 3.05) is 38.9 Å². The zero-order valence-corrected chi connectivity index (χ0v) is 20.3. The summed E-state index contributed by atoms with van der Waals surface area (Å²) in [5.74, 6) is 0.958. The van der Waals surface area contributed by atoms with E-state index in [1.807, 2.05) is 6.07 Å². The number of ketones is 1. The molecule has 3 rings (SSSR count). The molecule has 1 heterocycles. The Balaban J connectivity index is 1.74. The van der Waals surface area contributed by atoms with Crippen LogP contribution >= 0.6 is 11.6 Å². The predicted molar refractivity (Wildman–Crippen MR) is 132 cm³/mol. The van der Waals surface area contributed by atoms with Gasteiger partial charge in [-0.2, -0.15) is 0 Å². The fourth-order valence-corrected chi connectivity index (χ4v) is 3.55. The van der Waals surface area contributed by atoms with Gasteiger partial charge in [0.2, 0.25) is 0 Å². The maximum atomic E-state index is 13.5.